The zero-order valence-corrected chi connectivity index (χ0v) is 15.4. The van der Waals surface area contributed by atoms with E-state index in [2.05, 4.69) is 4.90 Å². The molecule has 4 nitrogen and oxygen atoms in total. The van der Waals surface area contributed by atoms with Crippen LogP contribution < -0.4 is 9.47 Å². The smallest absolute Gasteiger partial charge is 0.187 e. The summed E-state index contributed by atoms with van der Waals surface area (Å²) in [4.78, 5) is 15.2. The van der Waals surface area contributed by atoms with Crippen LogP contribution in [0.4, 0.5) is 0 Å². The monoisotopic (exact) mass is 349 g/mol. The van der Waals surface area contributed by atoms with E-state index in [1.807, 2.05) is 67.7 Å². The van der Waals surface area contributed by atoms with Crippen LogP contribution in [-0.4, -0.2) is 45.0 Å². The fourth-order valence-corrected chi connectivity index (χ4v) is 3.16. The maximum Gasteiger partial charge on any atom is 0.187 e. The molecule has 3 rings (SSSR count). The minimum Gasteiger partial charge on any atom is -0.496 e. The van der Waals surface area contributed by atoms with Crippen LogP contribution in [0.5, 0.6) is 11.5 Å². The molecule has 0 unspecified atom stereocenters. The van der Waals surface area contributed by atoms with Crippen LogP contribution >= 0.6 is 0 Å². The number of ether oxygens (including phenoxy) is 2. The highest BCUT2D eigenvalue weighted by Crippen LogP contribution is 2.27. The highest BCUT2D eigenvalue weighted by Gasteiger charge is 2.24. The first kappa shape index (κ1) is 18.0. The fourth-order valence-electron chi connectivity index (χ4n) is 3.16. The molecule has 26 heavy (non-hydrogen) atoms. The maximum atomic E-state index is 13.0. The van der Waals surface area contributed by atoms with Crippen LogP contribution in [0.1, 0.15) is 11.1 Å². The lowest BCUT2D eigenvalue weighted by atomic mass is 9.94. The van der Waals surface area contributed by atoms with Gasteiger partial charge in [-0.05, 0) is 31.3 Å². The lowest BCUT2D eigenvalue weighted by molar-refractivity contribution is -0.113. The first-order valence-electron chi connectivity index (χ1n) is 8.53. The molecule has 0 aromatic heterocycles. The van der Waals surface area contributed by atoms with E-state index in [4.69, 9.17) is 9.47 Å². The SMILES string of the molecule is COc1ccccc1C=C1CN(C)CC(=Cc2ccccc2OC)C1=O. The van der Waals surface area contributed by atoms with Gasteiger partial charge in [-0.2, -0.15) is 0 Å². The molecule has 0 N–H and O–H groups in total. The molecule has 0 saturated carbocycles. The fraction of sp³-hybridized carbons (Fsp3) is 0.227. The average molecular weight is 349 g/mol. The van der Waals surface area contributed by atoms with E-state index >= 15 is 0 Å². The molecular weight excluding hydrogens is 326 g/mol. The van der Waals surface area contributed by atoms with Crippen molar-refractivity contribution < 1.29 is 14.3 Å². The van der Waals surface area contributed by atoms with E-state index in [0.29, 0.717) is 13.1 Å². The molecule has 1 aliphatic heterocycles. The lowest BCUT2D eigenvalue weighted by Crippen LogP contribution is -2.34. The van der Waals surface area contributed by atoms with E-state index in [1.165, 1.54) is 0 Å². The molecule has 0 amide bonds. The molecule has 0 bridgehead atoms. The van der Waals surface area contributed by atoms with Crippen LogP contribution in [-0.2, 0) is 4.79 Å². The summed E-state index contributed by atoms with van der Waals surface area (Å²) in [5, 5.41) is 0. The summed E-state index contributed by atoms with van der Waals surface area (Å²) in [6.45, 7) is 1.22. The molecule has 4 heteroatoms. The van der Waals surface area contributed by atoms with Gasteiger partial charge in [0.2, 0.25) is 0 Å². The van der Waals surface area contributed by atoms with Crippen molar-refractivity contribution in [2.45, 2.75) is 0 Å². The maximum absolute atomic E-state index is 13.0. The van der Waals surface area contributed by atoms with Gasteiger partial charge >= 0.3 is 0 Å². The van der Waals surface area contributed by atoms with E-state index in [9.17, 15) is 4.79 Å². The molecule has 1 fully saturated rings. The molecule has 0 aliphatic carbocycles. The molecule has 1 aliphatic rings. The van der Waals surface area contributed by atoms with Crippen molar-refractivity contribution in [3.05, 3.63) is 70.8 Å². The Morgan fingerprint density at radius 3 is 1.65 bits per heavy atom. The number of ketones is 1. The molecule has 1 saturated heterocycles. The van der Waals surface area contributed by atoms with Crippen LogP contribution in [0.2, 0.25) is 0 Å². The van der Waals surface area contributed by atoms with Crippen molar-refractivity contribution >= 4 is 17.9 Å². The van der Waals surface area contributed by atoms with Gasteiger partial charge in [0.15, 0.2) is 5.78 Å². The second kappa shape index (κ2) is 8.02. The molecule has 2 aromatic carbocycles. The second-order valence-electron chi connectivity index (χ2n) is 6.32. The average Bonchev–Trinajstić information content (AvgIpc) is 2.66. The summed E-state index contributed by atoms with van der Waals surface area (Å²) in [6.07, 6.45) is 3.85. The summed E-state index contributed by atoms with van der Waals surface area (Å²) >= 11 is 0. The number of rotatable bonds is 4. The summed E-state index contributed by atoms with van der Waals surface area (Å²) in [7, 11) is 5.29. The van der Waals surface area contributed by atoms with Gasteiger partial charge in [-0.15, -0.1) is 0 Å². The third kappa shape index (κ3) is 3.86. The lowest BCUT2D eigenvalue weighted by Gasteiger charge is -2.26. The van der Waals surface area contributed by atoms with Crippen LogP contribution in [0.25, 0.3) is 12.2 Å². The topological polar surface area (TPSA) is 38.8 Å². The Morgan fingerprint density at radius 2 is 1.23 bits per heavy atom. The van der Waals surface area contributed by atoms with Crippen LogP contribution in [0.15, 0.2) is 59.7 Å². The summed E-state index contributed by atoms with van der Waals surface area (Å²) in [5.74, 6) is 1.59. The molecular formula is C22H23NO3. The number of carbonyl (C=O) groups is 1. The van der Waals surface area contributed by atoms with Crippen molar-refractivity contribution in [2.24, 2.45) is 0 Å². The van der Waals surface area contributed by atoms with Gasteiger partial charge in [-0.3, -0.25) is 9.69 Å². The molecule has 134 valence electrons. The van der Waals surface area contributed by atoms with Crippen molar-refractivity contribution in [1.82, 2.24) is 4.90 Å². The molecule has 0 atom stereocenters. The number of likely N-dealkylation sites (N-methyl/N-ethyl adjacent to an activating group) is 1. The van der Waals surface area contributed by atoms with E-state index in [1.54, 1.807) is 14.2 Å². The van der Waals surface area contributed by atoms with Gasteiger partial charge < -0.3 is 9.47 Å². The van der Waals surface area contributed by atoms with Gasteiger partial charge in [-0.1, -0.05) is 36.4 Å². The highest BCUT2D eigenvalue weighted by atomic mass is 16.5. The van der Waals surface area contributed by atoms with Gasteiger partial charge in [0.05, 0.1) is 14.2 Å². The van der Waals surface area contributed by atoms with Crippen molar-refractivity contribution in [3.8, 4) is 11.5 Å². The van der Waals surface area contributed by atoms with Crippen molar-refractivity contribution in [2.75, 3.05) is 34.4 Å². The number of para-hydroxylation sites is 2. The molecule has 0 radical (unpaired) electrons. The van der Waals surface area contributed by atoms with Gasteiger partial charge in [0, 0.05) is 35.4 Å². The number of hydrogen-bond acceptors (Lipinski definition) is 4. The minimum atomic E-state index is 0.0694. The van der Waals surface area contributed by atoms with E-state index in [0.717, 1.165) is 33.8 Å². The predicted molar refractivity (Wildman–Crippen MR) is 104 cm³/mol. The Kier molecular flexibility index (Phi) is 5.54. The summed E-state index contributed by atoms with van der Waals surface area (Å²) in [6, 6.07) is 15.4. The summed E-state index contributed by atoms with van der Waals surface area (Å²) < 4.78 is 10.8. The Balaban J connectivity index is 1.98. The summed E-state index contributed by atoms with van der Waals surface area (Å²) in [5.41, 5.74) is 3.32. The van der Waals surface area contributed by atoms with E-state index in [-0.39, 0.29) is 5.78 Å². The Labute approximate surface area is 154 Å². The standard InChI is InChI=1S/C22H23NO3/c1-23-14-18(12-16-8-4-6-10-20(16)25-2)22(24)19(15-23)13-17-9-5-7-11-21(17)26-3/h4-13H,14-15H2,1-3H3. The Morgan fingerprint density at radius 1 is 0.808 bits per heavy atom. The predicted octanol–water partition coefficient (Wildman–Crippen LogP) is 3.69. The first-order valence-corrected chi connectivity index (χ1v) is 8.53. The number of likely N-dealkylation sites (tertiary alicyclic amines) is 1. The number of Topliss-reactive ketones (excluding diaryl/α,β-unsaturated/α-hetero) is 1. The van der Waals surface area contributed by atoms with Crippen molar-refractivity contribution in [1.29, 1.82) is 0 Å². The van der Waals surface area contributed by atoms with Crippen LogP contribution in [0, 0.1) is 0 Å². The molecule has 0 spiro atoms. The van der Waals surface area contributed by atoms with Crippen molar-refractivity contribution in [3.63, 3.8) is 0 Å². The number of hydrogen-bond donors (Lipinski definition) is 0. The van der Waals surface area contributed by atoms with Crippen LogP contribution in [0.3, 0.4) is 0 Å². The quantitative estimate of drug-likeness (QED) is 0.789. The Bertz CT molecular complexity index is 798. The Hall–Kier alpha value is -2.85. The number of carbonyl (C=O) groups excluding carboxylic acids is 1. The van der Waals surface area contributed by atoms with E-state index < -0.39 is 0 Å². The third-order valence-corrected chi connectivity index (χ3v) is 4.40. The number of piperidine rings is 1. The second-order valence-corrected chi connectivity index (χ2v) is 6.32. The largest absolute Gasteiger partial charge is 0.496 e. The minimum absolute atomic E-state index is 0.0694. The number of benzene rings is 2. The third-order valence-electron chi connectivity index (χ3n) is 4.40. The number of nitrogens with zero attached hydrogens (tertiary/aromatic N) is 1. The normalized spacial score (nSPS) is 18.3. The zero-order chi connectivity index (χ0) is 18.5. The molecule has 2 aromatic rings. The van der Waals surface area contributed by atoms with Gasteiger partial charge in [0.1, 0.15) is 11.5 Å². The van der Waals surface area contributed by atoms with Gasteiger partial charge in [-0.25, -0.2) is 0 Å². The first-order chi connectivity index (χ1) is 12.6. The zero-order valence-electron chi connectivity index (χ0n) is 15.4. The highest BCUT2D eigenvalue weighted by molar-refractivity contribution is 6.14. The number of methoxy groups -OCH3 is 2. The van der Waals surface area contributed by atoms with Gasteiger partial charge in [0.25, 0.3) is 0 Å². The molecule has 1 heterocycles.